The molecule has 0 saturated carbocycles. The molecule has 2 aromatic rings. The minimum absolute atomic E-state index is 0.0982. The van der Waals surface area contributed by atoms with Gasteiger partial charge in [-0.05, 0) is 43.2 Å². The Hall–Kier alpha value is -2.47. The van der Waals surface area contributed by atoms with Crippen LogP contribution in [0.15, 0.2) is 42.5 Å². The van der Waals surface area contributed by atoms with Crippen LogP contribution in [0.4, 0.5) is 8.78 Å². The molecule has 2 aromatic carbocycles. The monoisotopic (exact) mass is 335 g/mol. The lowest BCUT2D eigenvalue weighted by Crippen LogP contribution is -2.34. The summed E-state index contributed by atoms with van der Waals surface area (Å²) in [6.07, 6.45) is -0.642. The van der Waals surface area contributed by atoms with E-state index in [-0.39, 0.29) is 17.8 Å². The molecule has 2 atom stereocenters. The smallest absolute Gasteiger partial charge is 0.254 e. The van der Waals surface area contributed by atoms with E-state index in [2.05, 4.69) is 5.32 Å². The van der Waals surface area contributed by atoms with Gasteiger partial charge < -0.3 is 15.2 Å². The number of nitrogens with one attached hydrogen (secondary N) is 1. The third-order valence-corrected chi connectivity index (χ3v) is 3.63. The first-order valence-electron chi connectivity index (χ1n) is 7.48. The highest BCUT2D eigenvalue weighted by Gasteiger charge is 2.18. The molecule has 0 spiro atoms. The highest BCUT2D eigenvalue weighted by molar-refractivity contribution is 5.94. The molecule has 4 nitrogen and oxygen atoms in total. The third-order valence-electron chi connectivity index (χ3n) is 3.63. The molecule has 0 aromatic heterocycles. The van der Waals surface area contributed by atoms with Crippen molar-refractivity contribution in [3.8, 4) is 5.75 Å². The van der Waals surface area contributed by atoms with Gasteiger partial charge in [0.2, 0.25) is 0 Å². The first kappa shape index (κ1) is 17.9. The van der Waals surface area contributed by atoms with Crippen molar-refractivity contribution in [2.24, 2.45) is 0 Å². The maximum Gasteiger partial charge on any atom is 0.254 e. The van der Waals surface area contributed by atoms with Crippen molar-refractivity contribution >= 4 is 5.91 Å². The number of ether oxygens (including phenoxy) is 1. The van der Waals surface area contributed by atoms with Crippen LogP contribution in [0.5, 0.6) is 5.75 Å². The summed E-state index contributed by atoms with van der Waals surface area (Å²) in [4.78, 5) is 12.1. The summed E-state index contributed by atoms with van der Waals surface area (Å²) >= 11 is 0. The summed E-state index contributed by atoms with van der Waals surface area (Å²) < 4.78 is 31.6. The highest BCUT2D eigenvalue weighted by Crippen LogP contribution is 2.20. The van der Waals surface area contributed by atoms with Gasteiger partial charge in [0, 0.05) is 12.1 Å². The topological polar surface area (TPSA) is 58.6 Å². The summed E-state index contributed by atoms with van der Waals surface area (Å²) in [5.41, 5.74) is 0.451. The van der Waals surface area contributed by atoms with Crippen LogP contribution in [0, 0.1) is 11.6 Å². The quantitative estimate of drug-likeness (QED) is 0.852. The Morgan fingerprint density at radius 2 is 1.88 bits per heavy atom. The molecule has 128 valence electrons. The van der Waals surface area contributed by atoms with Crippen molar-refractivity contribution in [1.29, 1.82) is 0 Å². The standard InChI is InChI=1S/C18H19F2NO3/c1-11(9-17(22)12-3-5-13(19)6-4-12)21-18(23)15-8-7-14(24-2)10-16(15)20/h3-8,10-11,17,22H,9H2,1-2H3,(H,21,23). The lowest BCUT2D eigenvalue weighted by Gasteiger charge is -2.18. The van der Waals surface area contributed by atoms with E-state index in [1.165, 1.54) is 43.5 Å². The number of aliphatic hydroxyl groups excluding tert-OH is 1. The fraction of sp³-hybridized carbons (Fsp3) is 0.278. The summed E-state index contributed by atoms with van der Waals surface area (Å²) in [7, 11) is 1.41. The second-order valence-electron chi connectivity index (χ2n) is 5.52. The van der Waals surface area contributed by atoms with E-state index >= 15 is 0 Å². The lowest BCUT2D eigenvalue weighted by molar-refractivity contribution is 0.0913. The van der Waals surface area contributed by atoms with Crippen LogP contribution >= 0.6 is 0 Å². The molecule has 2 unspecified atom stereocenters. The van der Waals surface area contributed by atoms with Crippen LogP contribution in [0.2, 0.25) is 0 Å². The fourth-order valence-corrected chi connectivity index (χ4v) is 2.32. The first-order valence-corrected chi connectivity index (χ1v) is 7.48. The molecular weight excluding hydrogens is 316 g/mol. The number of amides is 1. The summed E-state index contributed by atoms with van der Waals surface area (Å²) in [6, 6.07) is 9.05. The van der Waals surface area contributed by atoms with E-state index < -0.39 is 23.9 Å². The largest absolute Gasteiger partial charge is 0.497 e. The second kappa shape index (κ2) is 7.88. The Kier molecular flexibility index (Phi) is 5.87. The third kappa shape index (κ3) is 4.52. The number of methoxy groups -OCH3 is 1. The van der Waals surface area contributed by atoms with E-state index in [1.807, 2.05) is 0 Å². The number of carbonyl (C=O) groups excluding carboxylic acids is 1. The van der Waals surface area contributed by atoms with Gasteiger partial charge in [0.1, 0.15) is 17.4 Å². The summed E-state index contributed by atoms with van der Waals surface area (Å²) in [5, 5.41) is 12.8. The van der Waals surface area contributed by atoms with Crippen LogP contribution in [0.25, 0.3) is 0 Å². The van der Waals surface area contributed by atoms with Crippen molar-refractivity contribution in [3.05, 3.63) is 65.2 Å². The predicted octanol–water partition coefficient (Wildman–Crippen LogP) is 3.22. The summed E-state index contributed by atoms with van der Waals surface area (Å²) in [6.45, 7) is 1.70. The van der Waals surface area contributed by atoms with Gasteiger partial charge in [0.25, 0.3) is 5.91 Å². The Balaban J connectivity index is 1.97. The van der Waals surface area contributed by atoms with E-state index in [9.17, 15) is 18.7 Å². The van der Waals surface area contributed by atoms with E-state index in [0.717, 1.165) is 6.07 Å². The number of hydrogen-bond acceptors (Lipinski definition) is 3. The zero-order chi connectivity index (χ0) is 17.7. The Labute approximate surface area is 139 Å². The van der Waals surface area contributed by atoms with Gasteiger partial charge in [-0.25, -0.2) is 8.78 Å². The van der Waals surface area contributed by atoms with E-state index in [4.69, 9.17) is 4.74 Å². The Bertz CT molecular complexity index is 704. The molecule has 0 saturated heterocycles. The van der Waals surface area contributed by atoms with Crippen LogP contribution in [0.1, 0.15) is 35.4 Å². The van der Waals surface area contributed by atoms with E-state index in [1.54, 1.807) is 6.92 Å². The molecule has 2 rings (SSSR count). The van der Waals surface area contributed by atoms with Gasteiger partial charge in [0.05, 0.1) is 18.8 Å². The first-order chi connectivity index (χ1) is 11.4. The Morgan fingerprint density at radius 1 is 1.21 bits per heavy atom. The lowest BCUT2D eigenvalue weighted by atomic mass is 10.0. The number of halogens is 2. The normalized spacial score (nSPS) is 13.2. The van der Waals surface area contributed by atoms with Gasteiger partial charge in [-0.15, -0.1) is 0 Å². The van der Waals surface area contributed by atoms with Crippen LogP contribution in [-0.4, -0.2) is 24.2 Å². The SMILES string of the molecule is COc1ccc(C(=O)NC(C)CC(O)c2ccc(F)cc2)c(F)c1. The molecule has 0 aliphatic rings. The minimum atomic E-state index is -0.860. The van der Waals surface area contributed by atoms with Gasteiger partial charge in [-0.3, -0.25) is 4.79 Å². The molecule has 0 aliphatic carbocycles. The van der Waals surface area contributed by atoms with Crippen molar-refractivity contribution in [2.45, 2.75) is 25.5 Å². The molecule has 0 bridgehead atoms. The number of aliphatic hydroxyl groups is 1. The fourth-order valence-electron chi connectivity index (χ4n) is 2.32. The van der Waals surface area contributed by atoms with Gasteiger partial charge in [0.15, 0.2) is 0 Å². The molecule has 6 heteroatoms. The average Bonchev–Trinajstić information content (AvgIpc) is 2.54. The minimum Gasteiger partial charge on any atom is -0.497 e. The molecule has 1 amide bonds. The van der Waals surface area contributed by atoms with Crippen LogP contribution in [0.3, 0.4) is 0 Å². The van der Waals surface area contributed by atoms with Crippen molar-refractivity contribution in [3.63, 3.8) is 0 Å². The zero-order valence-electron chi connectivity index (χ0n) is 13.4. The summed E-state index contributed by atoms with van der Waals surface area (Å²) in [5.74, 6) is -1.32. The van der Waals surface area contributed by atoms with Gasteiger partial charge in [-0.1, -0.05) is 12.1 Å². The molecule has 2 N–H and O–H groups in total. The van der Waals surface area contributed by atoms with Crippen LogP contribution < -0.4 is 10.1 Å². The molecule has 0 fully saturated rings. The maximum absolute atomic E-state index is 13.9. The second-order valence-corrected chi connectivity index (χ2v) is 5.52. The molecule has 0 aliphatic heterocycles. The maximum atomic E-state index is 13.9. The zero-order valence-corrected chi connectivity index (χ0v) is 13.4. The van der Waals surface area contributed by atoms with Gasteiger partial charge in [-0.2, -0.15) is 0 Å². The number of carbonyl (C=O) groups is 1. The average molecular weight is 335 g/mol. The molecule has 0 radical (unpaired) electrons. The predicted molar refractivity (Wildman–Crippen MR) is 85.9 cm³/mol. The van der Waals surface area contributed by atoms with Crippen molar-refractivity contribution in [2.75, 3.05) is 7.11 Å². The molecular formula is C18H19F2NO3. The highest BCUT2D eigenvalue weighted by atomic mass is 19.1. The molecule has 0 heterocycles. The van der Waals surface area contributed by atoms with E-state index in [0.29, 0.717) is 11.3 Å². The van der Waals surface area contributed by atoms with Gasteiger partial charge >= 0.3 is 0 Å². The van der Waals surface area contributed by atoms with Crippen LogP contribution in [-0.2, 0) is 0 Å². The Morgan fingerprint density at radius 3 is 2.46 bits per heavy atom. The molecule has 24 heavy (non-hydrogen) atoms. The number of hydrogen-bond donors (Lipinski definition) is 2. The number of rotatable bonds is 6. The number of benzene rings is 2. The van der Waals surface area contributed by atoms with Crippen molar-refractivity contribution in [1.82, 2.24) is 5.32 Å². The van der Waals surface area contributed by atoms with Crippen molar-refractivity contribution < 1.29 is 23.4 Å².